The monoisotopic (exact) mass is 516 g/mol. The van der Waals surface area contributed by atoms with Crippen LogP contribution in [0, 0.1) is 0 Å². The second-order valence-corrected chi connectivity index (χ2v) is 8.55. The Labute approximate surface area is 197 Å². The van der Waals surface area contributed by atoms with Crippen LogP contribution >= 0.6 is 0 Å². The highest BCUT2D eigenvalue weighted by molar-refractivity contribution is 5.73. The van der Waals surface area contributed by atoms with Crippen molar-refractivity contribution in [3.05, 3.63) is 0 Å². The number of carboxylic acids is 1. The lowest BCUT2D eigenvalue weighted by molar-refractivity contribution is -0.359. The number of rotatable bonds is 7. The zero-order valence-electron chi connectivity index (χ0n) is 18.2. The van der Waals surface area contributed by atoms with Gasteiger partial charge in [-0.15, -0.1) is 0 Å². The van der Waals surface area contributed by atoms with Gasteiger partial charge in [0.15, 0.2) is 25.0 Å². The Bertz CT molecular complexity index is 715. The number of carboxylic acid groups (broad SMARTS) is 1. The zero-order chi connectivity index (χ0) is 26.2. The van der Waals surface area contributed by atoms with Crippen LogP contribution in [0.2, 0.25) is 0 Å². The summed E-state index contributed by atoms with van der Waals surface area (Å²) in [5.74, 6) is -1.68. The minimum atomic E-state index is -2.02. The van der Waals surface area contributed by atoms with Crippen molar-refractivity contribution in [2.75, 3.05) is 13.2 Å². The van der Waals surface area contributed by atoms with Gasteiger partial charge in [-0.3, -0.25) is 0 Å². The third-order valence-corrected chi connectivity index (χ3v) is 6.22. The van der Waals surface area contributed by atoms with Crippen molar-refractivity contribution in [2.24, 2.45) is 11.5 Å². The summed E-state index contributed by atoms with van der Waals surface area (Å²) in [7, 11) is 0. The van der Waals surface area contributed by atoms with Crippen molar-refractivity contribution < 1.29 is 74.4 Å². The minimum Gasteiger partial charge on any atom is -0.479 e. The van der Waals surface area contributed by atoms with Gasteiger partial charge in [0, 0.05) is 0 Å². The average molecular weight is 516 g/mol. The highest BCUT2D eigenvalue weighted by Gasteiger charge is 2.54. The van der Waals surface area contributed by atoms with Crippen molar-refractivity contribution in [3.8, 4) is 0 Å². The Hall–Kier alpha value is -1.13. The molecule has 0 radical (unpaired) electrons. The topological polar surface area (TPSA) is 297 Å². The van der Waals surface area contributed by atoms with Crippen LogP contribution in [0.3, 0.4) is 0 Å². The van der Waals surface area contributed by atoms with E-state index in [1.54, 1.807) is 0 Å². The van der Waals surface area contributed by atoms with Crippen LogP contribution in [0.15, 0.2) is 0 Å². The number of ether oxygens (including phenoxy) is 5. The summed E-state index contributed by atoms with van der Waals surface area (Å²) in [5.41, 5.74) is 11.4. The second-order valence-electron chi connectivity index (χ2n) is 8.55. The van der Waals surface area contributed by atoms with E-state index in [4.69, 9.17) is 35.2 Å². The second kappa shape index (κ2) is 11.5. The summed E-state index contributed by atoms with van der Waals surface area (Å²) in [5, 5.41) is 89.6. The average Bonchev–Trinajstić information content (AvgIpc) is 2.83. The predicted molar refractivity (Wildman–Crippen MR) is 106 cm³/mol. The van der Waals surface area contributed by atoms with Crippen LogP contribution in [-0.4, -0.2) is 157 Å². The van der Waals surface area contributed by atoms with Gasteiger partial charge < -0.3 is 81.1 Å². The van der Waals surface area contributed by atoms with E-state index in [1.807, 2.05) is 0 Å². The lowest BCUT2D eigenvalue weighted by Crippen LogP contribution is -2.68. The van der Waals surface area contributed by atoms with Gasteiger partial charge in [-0.1, -0.05) is 0 Å². The van der Waals surface area contributed by atoms with Gasteiger partial charge in [-0.05, 0) is 0 Å². The molecule has 3 saturated heterocycles. The molecule has 3 rings (SSSR count). The van der Waals surface area contributed by atoms with E-state index >= 15 is 0 Å². The summed E-state index contributed by atoms with van der Waals surface area (Å²) in [6.45, 7) is -1.51. The van der Waals surface area contributed by atoms with Crippen molar-refractivity contribution >= 4 is 5.97 Å². The van der Waals surface area contributed by atoms with E-state index in [2.05, 4.69) is 0 Å². The molecule has 3 heterocycles. The molecule has 0 bridgehead atoms. The quantitative estimate of drug-likeness (QED) is 0.150. The van der Waals surface area contributed by atoms with Gasteiger partial charge >= 0.3 is 5.97 Å². The molecule has 3 fully saturated rings. The lowest BCUT2D eigenvalue weighted by Gasteiger charge is -2.47. The van der Waals surface area contributed by atoms with Gasteiger partial charge in [-0.25, -0.2) is 4.79 Å². The number of aliphatic carboxylic acids is 1. The molecule has 0 aromatic rings. The molecular weight excluding hydrogens is 484 g/mol. The smallest absolute Gasteiger partial charge is 0.335 e. The number of nitrogens with two attached hydrogens (primary N) is 2. The fourth-order valence-electron chi connectivity index (χ4n) is 4.11. The first-order valence-electron chi connectivity index (χ1n) is 10.7. The largest absolute Gasteiger partial charge is 0.479 e. The maximum Gasteiger partial charge on any atom is 0.335 e. The molecule has 0 amide bonds. The predicted octanol–water partition coefficient (Wildman–Crippen LogP) is -7.55. The maximum absolute atomic E-state index is 11.9. The number of aliphatic hydroxyl groups excluding tert-OH is 8. The zero-order valence-corrected chi connectivity index (χ0v) is 18.2. The van der Waals surface area contributed by atoms with Gasteiger partial charge in [0.1, 0.15) is 54.9 Å². The number of aliphatic hydroxyl groups is 8. The Morgan fingerprint density at radius 1 is 0.686 bits per heavy atom. The summed E-state index contributed by atoms with van der Waals surface area (Å²) < 4.78 is 26.4. The standard InChI is InChI=1S/C18H32N2O15/c19-5-9(25)12(4(2-22)31-16(5)30)33-18-11(27)10(26)13(14(35-18)15(28)29)34-17-6(20)8(24)7(23)3(1-21)32-17/h3-14,16-18,21-27,30H,1-2,19-20H2,(H,28,29)/t3-,4-,5-,6-,7-,8-,9-,10-,11-,12-,13+,14+,16?,17-,18-/m1/s1. The molecule has 13 N–H and O–H groups in total. The summed E-state index contributed by atoms with van der Waals surface area (Å²) >= 11 is 0. The van der Waals surface area contributed by atoms with Crippen LogP contribution in [0.4, 0.5) is 0 Å². The van der Waals surface area contributed by atoms with Crippen molar-refractivity contribution in [3.63, 3.8) is 0 Å². The Kier molecular flexibility index (Phi) is 9.35. The fraction of sp³-hybridized carbons (Fsp3) is 0.944. The first kappa shape index (κ1) is 28.4. The maximum atomic E-state index is 11.9. The van der Waals surface area contributed by atoms with Gasteiger partial charge in [0.2, 0.25) is 0 Å². The van der Waals surface area contributed by atoms with Crippen LogP contribution in [0.5, 0.6) is 0 Å². The molecule has 3 aliphatic heterocycles. The van der Waals surface area contributed by atoms with E-state index in [1.165, 1.54) is 0 Å². The first-order valence-corrected chi connectivity index (χ1v) is 10.7. The summed E-state index contributed by atoms with van der Waals surface area (Å²) in [6.07, 6.45) is -22.1. The first-order chi connectivity index (χ1) is 16.4. The van der Waals surface area contributed by atoms with E-state index < -0.39 is 111 Å². The molecule has 17 nitrogen and oxygen atoms in total. The Morgan fingerprint density at radius 3 is 1.86 bits per heavy atom. The van der Waals surface area contributed by atoms with Crippen LogP contribution in [0.1, 0.15) is 0 Å². The van der Waals surface area contributed by atoms with E-state index in [0.717, 1.165) is 0 Å². The van der Waals surface area contributed by atoms with Gasteiger partial charge in [-0.2, -0.15) is 0 Å². The SMILES string of the molecule is N[C@H]1[C@@H](O[C@H]2[C@H](O)[C@@H](O)[C@H](O[C@H]3[C@H](O)[C@@H](N)C(O)O[C@@H]3CO)O[C@@H]2C(=O)O)O[C@H](CO)[C@@H](O)[C@@H]1O. The van der Waals surface area contributed by atoms with Crippen LogP contribution in [-0.2, 0) is 28.5 Å². The third-order valence-electron chi connectivity index (χ3n) is 6.22. The van der Waals surface area contributed by atoms with Crippen molar-refractivity contribution in [1.29, 1.82) is 0 Å². The molecule has 204 valence electrons. The van der Waals surface area contributed by atoms with Gasteiger partial charge in [0.25, 0.3) is 0 Å². The normalized spacial score (nSPS) is 51.2. The van der Waals surface area contributed by atoms with Gasteiger partial charge in [0.05, 0.1) is 25.3 Å². The van der Waals surface area contributed by atoms with Crippen molar-refractivity contribution in [1.82, 2.24) is 0 Å². The highest BCUT2D eigenvalue weighted by Crippen LogP contribution is 2.31. The highest BCUT2D eigenvalue weighted by atomic mass is 16.7. The molecule has 0 spiro atoms. The molecular formula is C18H32N2O15. The number of hydrogen-bond donors (Lipinski definition) is 11. The molecule has 0 aromatic carbocycles. The molecule has 1 unspecified atom stereocenters. The van der Waals surface area contributed by atoms with Crippen LogP contribution in [0.25, 0.3) is 0 Å². The van der Waals surface area contributed by atoms with Crippen molar-refractivity contribution in [2.45, 2.75) is 92.0 Å². The molecule has 3 aliphatic rings. The van der Waals surface area contributed by atoms with Crippen LogP contribution < -0.4 is 11.5 Å². The molecule has 15 atom stereocenters. The van der Waals surface area contributed by atoms with E-state index in [9.17, 15) is 50.8 Å². The summed E-state index contributed by atoms with van der Waals surface area (Å²) in [4.78, 5) is 11.9. The molecule has 17 heteroatoms. The Balaban J connectivity index is 1.77. The number of carbonyl (C=O) groups is 1. The molecule has 35 heavy (non-hydrogen) atoms. The lowest BCUT2D eigenvalue weighted by atomic mass is 9.95. The Morgan fingerprint density at radius 2 is 1.29 bits per heavy atom. The number of hydrogen-bond acceptors (Lipinski definition) is 16. The fourth-order valence-corrected chi connectivity index (χ4v) is 4.11. The minimum absolute atomic E-state index is 0.746. The molecule has 0 aromatic heterocycles. The molecule has 0 saturated carbocycles. The molecule has 0 aliphatic carbocycles. The van der Waals surface area contributed by atoms with E-state index in [0.29, 0.717) is 0 Å². The van der Waals surface area contributed by atoms with E-state index in [-0.39, 0.29) is 0 Å². The summed E-state index contributed by atoms with van der Waals surface area (Å²) in [6, 6.07) is -2.82. The third kappa shape index (κ3) is 5.59.